The Morgan fingerprint density at radius 2 is 2.27 bits per heavy atom. The molecule has 4 heteroatoms. The second-order valence-electron chi connectivity index (χ2n) is 4.57. The molecule has 0 unspecified atom stereocenters. The molecule has 0 atom stereocenters. The molecular weight excluding hydrogens is 190 g/mol. The van der Waals surface area contributed by atoms with Gasteiger partial charge in [-0.1, -0.05) is 13.3 Å². The number of aryl methyl sites for hydroxylation is 1. The second kappa shape index (κ2) is 3.94. The Morgan fingerprint density at radius 1 is 1.53 bits per heavy atom. The second-order valence-corrected chi connectivity index (χ2v) is 4.57. The van der Waals surface area contributed by atoms with Gasteiger partial charge in [0.1, 0.15) is 5.82 Å². The molecule has 2 rings (SSSR count). The maximum atomic E-state index is 10.0. The number of aromatic nitrogens is 2. The van der Waals surface area contributed by atoms with Crippen molar-refractivity contribution in [2.45, 2.75) is 31.9 Å². The van der Waals surface area contributed by atoms with E-state index in [2.05, 4.69) is 16.8 Å². The number of rotatable bonds is 4. The highest BCUT2D eigenvalue weighted by Gasteiger charge is 2.40. The minimum Gasteiger partial charge on any atom is -0.387 e. The van der Waals surface area contributed by atoms with Crippen molar-refractivity contribution >= 4 is 0 Å². The summed E-state index contributed by atoms with van der Waals surface area (Å²) >= 11 is 0. The first-order valence-electron chi connectivity index (χ1n) is 5.54. The SMILES string of the molecule is CCCC1(O)CN(Cc2nccn2C)C1. The molecule has 4 nitrogen and oxygen atoms in total. The summed E-state index contributed by atoms with van der Waals surface area (Å²) in [5, 5.41) is 10.0. The van der Waals surface area contributed by atoms with Crippen LogP contribution < -0.4 is 0 Å². The van der Waals surface area contributed by atoms with E-state index in [0.29, 0.717) is 0 Å². The lowest BCUT2D eigenvalue weighted by Crippen LogP contribution is -2.61. The first kappa shape index (κ1) is 10.6. The fraction of sp³-hybridized carbons (Fsp3) is 0.727. The fourth-order valence-electron chi connectivity index (χ4n) is 2.27. The third-order valence-electron chi connectivity index (χ3n) is 3.04. The number of β-amino-alcohol motifs (C(OH)–C–C–N with tert-alkyl or cyclic N) is 1. The van der Waals surface area contributed by atoms with Crippen molar-refractivity contribution in [1.29, 1.82) is 0 Å². The largest absolute Gasteiger partial charge is 0.387 e. The van der Waals surface area contributed by atoms with Crippen LogP contribution in [0.2, 0.25) is 0 Å². The van der Waals surface area contributed by atoms with Gasteiger partial charge in [-0.3, -0.25) is 4.90 Å². The highest BCUT2D eigenvalue weighted by molar-refractivity contribution is 4.99. The lowest BCUT2D eigenvalue weighted by molar-refractivity contribution is -0.107. The topological polar surface area (TPSA) is 41.3 Å². The number of hydrogen-bond donors (Lipinski definition) is 1. The monoisotopic (exact) mass is 209 g/mol. The molecular formula is C11H19N3O. The van der Waals surface area contributed by atoms with Crippen LogP contribution in [0.5, 0.6) is 0 Å². The Bertz CT molecular complexity index is 328. The number of aliphatic hydroxyl groups is 1. The average Bonchev–Trinajstić information content (AvgIpc) is 2.50. The smallest absolute Gasteiger partial charge is 0.122 e. The molecule has 1 aromatic rings. The summed E-state index contributed by atoms with van der Waals surface area (Å²) in [4.78, 5) is 6.51. The van der Waals surface area contributed by atoms with Gasteiger partial charge in [0.05, 0.1) is 12.1 Å². The summed E-state index contributed by atoms with van der Waals surface area (Å²) in [5.41, 5.74) is -0.431. The van der Waals surface area contributed by atoms with Crippen LogP contribution in [0, 0.1) is 0 Å². The van der Waals surface area contributed by atoms with E-state index in [1.165, 1.54) is 0 Å². The zero-order valence-corrected chi connectivity index (χ0v) is 9.48. The number of hydrogen-bond acceptors (Lipinski definition) is 3. The summed E-state index contributed by atoms with van der Waals surface area (Å²) < 4.78 is 2.02. The maximum absolute atomic E-state index is 10.0. The van der Waals surface area contributed by atoms with Gasteiger partial charge in [-0.25, -0.2) is 4.98 Å². The molecule has 0 amide bonds. The lowest BCUT2D eigenvalue weighted by atomic mass is 9.89. The molecule has 1 aliphatic heterocycles. The van der Waals surface area contributed by atoms with Crippen LogP contribution in [0.3, 0.4) is 0 Å². The van der Waals surface area contributed by atoms with Gasteiger partial charge in [-0.2, -0.15) is 0 Å². The molecule has 1 aromatic heterocycles. The Hall–Kier alpha value is -0.870. The van der Waals surface area contributed by atoms with Crippen LogP contribution >= 0.6 is 0 Å². The van der Waals surface area contributed by atoms with Crippen LogP contribution in [-0.2, 0) is 13.6 Å². The first-order valence-corrected chi connectivity index (χ1v) is 5.54. The molecule has 15 heavy (non-hydrogen) atoms. The van der Waals surface area contributed by atoms with Gasteiger partial charge < -0.3 is 9.67 Å². The van der Waals surface area contributed by atoms with Crippen molar-refractivity contribution in [2.24, 2.45) is 7.05 Å². The van der Waals surface area contributed by atoms with E-state index in [1.54, 1.807) is 0 Å². The van der Waals surface area contributed by atoms with Gasteiger partial charge in [0.15, 0.2) is 0 Å². The zero-order chi connectivity index (χ0) is 10.9. The Kier molecular flexibility index (Phi) is 2.80. The third-order valence-corrected chi connectivity index (χ3v) is 3.04. The summed E-state index contributed by atoms with van der Waals surface area (Å²) in [6.45, 7) is 4.52. The lowest BCUT2D eigenvalue weighted by Gasteiger charge is -2.46. The van der Waals surface area contributed by atoms with Crippen molar-refractivity contribution in [2.75, 3.05) is 13.1 Å². The molecule has 0 aromatic carbocycles. The van der Waals surface area contributed by atoms with E-state index in [0.717, 1.165) is 38.3 Å². The van der Waals surface area contributed by atoms with Gasteiger partial charge in [-0.15, -0.1) is 0 Å². The van der Waals surface area contributed by atoms with Crippen molar-refractivity contribution in [3.05, 3.63) is 18.2 Å². The quantitative estimate of drug-likeness (QED) is 0.796. The average molecular weight is 209 g/mol. The van der Waals surface area contributed by atoms with E-state index in [9.17, 15) is 5.11 Å². The Balaban J connectivity index is 1.83. The van der Waals surface area contributed by atoms with E-state index >= 15 is 0 Å². The third kappa shape index (κ3) is 2.21. The molecule has 1 aliphatic rings. The van der Waals surface area contributed by atoms with Crippen molar-refractivity contribution in [1.82, 2.24) is 14.5 Å². The molecule has 84 valence electrons. The minimum atomic E-state index is -0.431. The van der Waals surface area contributed by atoms with Crippen LogP contribution in [0.4, 0.5) is 0 Å². The van der Waals surface area contributed by atoms with Gasteiger partial charge in [0.25, 0.3) is 0 Å². The van der Waals surface area contributed by atoms with Gasteiger partial charge in [-0.05, 0) is 6.42 Å². The van der Waals surface area contributed by atoms with Crippen molar-refractivity contribution in [3.8, 4) is 0 Å². The Labute approximate surface area is 90.5 Å². The van der Waals surface area contributed by atoms with E-state index in [1.807, 2.05) is 24.0 Å². The summed E-state index contributed by atoms with van der Waals surface area (Å²) in [6.07, 6.45) is 5.72. The Morgan fingerprint density at radius 3 is 2.80 bits per heavy atom. The highest BCUT2D eigenvalue weighted by atomic mass is 16.3. The molecule has 0 aliphatic carbocycles. The predicted molar refractivity (Wildman–Crippen MR) is 58.3 cm³/mol. The molecule has 1 fully saturated rings. The van der Waals surface area contributed by atoms with Crippen LogP contribution in [-0.4, -0.2) is 38.2 Å². The molecule has 1 saturated heterocycles. The molecule has 0 radical (unpaired) electrons. The first-order chi connectivity index (χ1) is 7.13. The van der Waals surface area contributed by atoms with Gasteiger partial charge in [0, 0.05) is 32.5 Å². The van der Waals surface area contributed by atoms with Gasteiger partial charge in [0.2, 0.25) is 0 Å². The molecule has 0 saturated carbocycles. The van der Waals surface area contributed by atoms with Gasteiger partial charge >= 0.3 is 0 Å². The molecule has 1 N–H and O–H groups in total. The predicted octanol–water partition coefficient (Wildman–Crippen LogP) is 0.767. The van der Waals surface area contributed by atoms with Crippen molar-refractivity contribution in [3.63, 3.8) is 0 Å². The van der Waals surface area contributed by atoms with Crippen LogP contribution in [0.25, 0.3) is 0 Å². The fourth-order valence-corrected chi connectivity index (χ4v) is 2.27. The van der Waals surface area contributed by atoms with Crippen LogP contribution in [0.1, 0.15) is 25.6 Å². The summed E-state index contributed by atoms with van der Waals surface area (Å²) in [5.74, 6) is 1.06. The maximum Gasteiger partial charge on any atom is 0.122 e. The molecule has 0 spiro atoms. The normalized spacial score (nSPS) is 20.2. The number of nitrogens with zero attached hydrogens (tertiary/aromatic N) is 3. The van der Waals surface area contributed by atoms with Crippen molar-refractivity contribution < 1.29 is 5.11 Å². The van der Waals surface area contributed by atoms with E-state index in [-0.39, 0.29) is 0 Å². The summed E-state index contributed by atoms with van der Waals surface area (Å²) in [7, 11) is 2.00. The number of likely N-dealkylation sites (tertiary alicyclic amines) is 1. The highest BCUT2D eigenvalue weighted by Crippen LogP contribution is 2.26. The zero-order valence-electron chi connectivity index (χ0n) is 9.48. The standard InChI is InChI=1S/C11H19N3O/c1-3-4-11(15)8-14(9-11)7-10-12-5-6-13(10)2/h5-6,15H,3-4,7-9H2,1-2H3. The summed E-state index contributed by atoms with van der Waals surface area (Å²) in [6, 6.07) is 0. The number of imidazole rings is 1. The molecule has 0 bridgehead atoms. The minimum absolute atomic E-state index is 0.431. The molecule has 2 heterocycles. The van der Waals surface area contributed by atoms with Crippen LogP contribution in [0.15, 0.2) is 12.4 Å². The van der Waals surface area contributed by atoms with E-state index in [4.69, 9.17) is 0 Å². The van der Waals surface area contributed by atoms with E-state index < -0.39 is 5.60 Å².